The lowest BCUT2D eigenvalue weighted by Gasteiger charge is -2.18. The molecule has 1 aliphatic carbocycles. The normalized spacial score (nSPS) is 22.5. The quantitative estimate of drug-likeness (QED) is 0.845. The zero-order chi connectivity index (χ0) is 15.9. The molecule has 1 aromatic carbocycles. The molecule has 0 spiro atoms. The van der Waals surface area contributed by atoms with Crippen LogP contribution in [0, 0.1) is 5.92 Å². The summed E-state index contributed by atoms with van der Waals surface area (Å²) in [5.41, 5.74) is -0.377. The molecular weight excluding hydrogens is 352 g/mol. The first-order chi connectivity index (χ1) is 10.4. The van der Waals surface area contributed by atoms with Crippen LogP contribution in [0.4, 0.5) is 5.69 Å². The number of carbonyl (C=O) groups is 3. The number of benzene rings is 1. The van der Waals surface area contributed by atoms with Crippen molar-refractivity contribution in [3.8, 4) is 0 Å². The lowest BCUT2D eigenvalue weighted by Crippen LogP contribution is -2.46. The molecule has 0 radical (unpaired) electrons. The third kappa shape index (κ3) is 2.72. The van der Waals surface area contributed by atoms with E-state index in [1.807, 2.05) is 24.3 Å². The van der Waals surface area contributed by atoms with Crippen LogP contribution in [0.15, 0.2) is 28.7 Å². The van der Waals surface area contributed by atoms with Crippen molar-refractivity contribution in [2.75, 3.05) is 11.4 Å². The monoisotopic (exact) mass is 366 g/mol. The Morgan fingerprint density at radius 3 is 2.68 bits per heavy atom. The molecule has 1 atom stereocenters. The topological polar surface area (TPSA) is 86.7 Å². The number of amides is 2. The summed E-state index contributed by atoms with van der Waals surface area (Å²) in [6, 6.07) is 7.31. The minimum atomic E-state index is -1.11. The van der Waals surface area contributed by atoms with E-state index in [1.54, 1.807) is 4.90 Å². The van der Waals surface area contributed by atoms with E-state index in [0.29, 0.717) is 12.8 Å². The molecule has 2 fully saturated rings. The van der Waals surface area contributed by atoms with Gasteiger partial charge in [0.25, 0.3) is 0 Å². The summed E-state index contributed by atoms with van der Waals surface area (Å²) in [6.07, 6.45) is 1.00. The second kappa shape index (κ2) is 5.39. The van der Waals surface area contributed by atoms with Crippen LogP contribution in [0.3, 0.4) is 0 Å². The van der Waals surface area contributed by atoms with Crippen LogP contribution in [-0.4, -0.2) is 35.0 Å². The van der Waals surface area contributed by atoms with Gasteiger partial charge in [-0.1, -0.05) is 22.0 Å². The van der Waals surface area contributed by atoms with Gasteiger partial charge in [0, 0.05) is 23.1 Å². The van der Waals surface area contributed by atoms with E-state index in [9.17, 15) is 14.4 Å². The van der Waals surface area contributed by atoms with Gasteiger partial charge in [-0.2, -0.15) is 0 Å². The van der Waals surface area contributed by atoms with Gasteiger partial charge in [0.15, 0.2) is 0 Å². The van der Waals surface area contributed by atoms with Gasteiger partial charge in [-0.25, -0.2) is 4.79 Å². The lowest BCUT2D eigenvalue weighted by molar-refractivity contribution is -0.143. The van der Waals surface area contributed by atoms with Gasteiger partial charge in [-0.15, -0.1) is 0 Å². The van der Waals surface area contributed by atoms with Crippen LogP contribution in [0.5, 0.6) is 0 Å². The van der Waals surface area contributed by atoms with Crippen molar-refractivity contribution in [3.63, 3.8) is 0 Å². The van der Waals surface area contributed by atoms with Crippen LogP contribution in [0.1, 0.15) is 19.3 Å². The molecule has 2 aliphatic rings. The Balaban J connectivity index is 1.69. The van der Waals surface area contributed by atoms with Crippen LogP contribution < -0.4 is 10.2 Å². The van der Waals surface area contributed by atoms with Crippen molar-refractivity contribution >= 4 is 39.4 Å². The second-order valence-electron chi connectivity index (χ2n) is 5.76. The molecule has 2 N–H and O–H groups in total. The number of hydrogen-bond acceptors (Lipinski definition) is 3. The first kappa shape index (κ1) is 15.0. The minimum absolute atomic E-state index is 0.105. The highest BCUT2D eigenvalue weighted by molar-refractivity contribution is 9.10. The van der Waals surface area contributed by atoms with Crippen molar-refractivity contribution in [2.24, 2.45) is 5.92 Å². The Morgan fingerprint density at radius 2 is 2.09 bits per heavy atom. The first-order valence-corrected chi connectivity index (χ1v) is 7.82. The fourth-order valence-electron chi connectivity index (χ4n) is 2.63. The Kier molecular flexibility index (Phi) is 3.68. The number of nitrogens with one attached hydrogen (secondary N) is 1. The highest BCUT2D eigenvalue weighted by Crippen LogP contribution is 2.36. The van der Waals surface area contributed by atoms with Crippen molar-refractivity contribution in [1.29, 1.82) is 0 Å². The lowest BCUT2D eigenvalue weighted by atomic mass is 10.1. The summed E-state index contributed by atoms with van der Waals surface area (Å²) in [4.78, 5) is 37.1. The van der Waals surface area contributed by atoms with Crippen molar-refractivity contribution in [1.82, 2.24) is 5.32 Å². The molecule has 1 aliphatic heterocycles. The Hall–Kier alpha value is -1.89. The van der Waals surface area contributed by atoms with Gasteiger partial charge in [-0.05, 0) is 31.0 Å². The molecule has 22 heavy (non-hydrogen) atoms. The van der Waals surface area contributed by atoms with Gasteiger partial charge >= 0.3 is 5.97 Å². The molecular formula is C15H15BrN2O4. The molecule has 0 bridgehead atoms. The molecule has 116 valence electrons. The third-order valence-electron chi connectivity index (χ3n) is 4.14. The number of carboxylic acids is 1. The summed E-state index contributed by atoms with van der Waals surface area (Å²) in [6.45, 7) is 0.275. The predicted molar refractivity (Wildman–Crippen MR) is 82.3 cm³/mol. The van der Waals surface area contributed by atoms with E-state index in [2.05, 4.69) is 21.2 Å². The maximum absolute atomic E-state index is 12.2. The van der Waals surface area contributed by atoms with Crippen molar-refractivity contribution in [2.45, 2.75) is 24.8 Å². The molecule has 1 aromatic rings. The number of hydrogen-bond donors (Lipinski definition) is 2. The van der Waals surface area contributed by atoms with E-state index >= 15 is 0 Å². The van der Waals surface area contributed by atoms with Crippen LogP contribution in [-0.2, 0) is 14.4 Å². The summed E-state index contributed by atoms with van der Waals surface area (Å²) in [7, 11) is 0. The fraction of sp³-hybridized carbons (Fsp3) is 0.400. The maximum Gasteiger partial charge on any atom is 0.329 e. The van der Waals surface area contributed by atoms with Gasteiger partial charge in [-0.3, -0.25) is 9.59 Å². The van der Waals surface area contributed by atoms with E-state index in [0.717, 1.165) is 10.2 Å². The standard InChI is InChI=1S/C15H15BrN2O4/c16-10-2-1-3-11(7-10)18-8-9(6-12(18)19)13(20)17-15(4-5-15)14(21)22/h1-3,7,9H,4-6,8H2,(H,17,20)(H,21,22). The third-order valence-corrected chi connectivity index (χ3v) is 4.63. The number of carboxylic acid groups (broad SMARTS) is 1. The zero-order valence-corrected chi connectivity index (χ0v) is 13.3. The molecule has 1 saturated carbocycles. The van der Waals surface area contributed by atoms with Crippen molar-refractivity contribution < 1.29 is 19.5 Å². The number of nitrogens with zero attached hydrogens (tertiary/aromatic N) is 1. The highest BCUT2D eigenvalue weighted by atomic mass is 79.9. The van der Waals surface area contributed by atoms with E-state index in [-0.39, 0.29) is 24.8 Å². The summed E-state index contributed by atoms with van der Waals surface area (Å²) < 4.78 is 0.855. The average Bonchev–Trinajstić information content (AvgIpc) is 3.14. The number of halogens is 1. The first-order valence-electron chi connectivity index (χ1n) is 7.03. The van der Waals surface area contributed by atoms with E-state index in [4.69, 9.17) is 5.11 Å². The average molecular weight is 367 g/mol. The minimum Gasteiger partial charge on any atom is -0.480 e. The smallest absolute Gasteiger partial charge is 0.329 e. The molecule has 0 aromatic heterocycles. The van der Waals surface area contributed by atoms with Gasteiger partial charge in [0.2, 0.25) is 11.8 Å². The number of anilines is 1. The van der Waals surface area contributed by atoms with E-state index in [1.165, 1.54) is 0 Å². The SMILES string of the molecule is O=C(NC1(C(=O)O)CC1)C1CC(=O)N(c2cccc(Br)c2)C1. The van der Waals surface area contributed by atoms with Crippen molar-refractivity contribution in [3.05, 3.63) is 28.7 Å². The van der Waals surface area contributed by atoms with Gasteiger partial charge in [0.1, 0.15) is 5.54 Å². The molecule has 2 amide bonds. The van der Waals surface area contributed by atoms with Crippen LogP contribution >= 0.6 is 15.9 Å². The molecule has 7 heteroatoms. The summed E-state index contributed by atoms with van der Waals surface area (Å²) in [5.74, 6) is -2.00. The Morgan fingerprint density at radius 1 is 1.36 bits per heavy atom. The Labute approximate surface area is 135 Å². The highest BCUT2D eigenvalue weighted by Gasteiger charge is 2.52. The zero-order valence-electron chi connectivity index (χ0n) is 11.7. The predicted octanol–water partition coefficient (Wildman–Crippen LogP) is 1.54. The molecule has 1 heterocycles. The Bertz CT molecular complexity index is 657. The maximum atomic E-state index is 12.2. The number of aliphatic carboxylic acids is 1. The second-order valence-corrected chi connectivity index (χ2v) is 6.68. The van der Waals surface area contributed by atoms with Crippen LogP contribution in [0.2, 0.25) is 0 Å². The summed E-state index contributed by atoms with van der Waals surface area (Å²) in [5, 5.41) is 11.7. The number of rotatable bonds is 4. The molecule has 3 rings (SSSR count). The van der Waals surface area contributed by atoms with E-state index < -0.39 is 17.4 Å². The number of carbonyl (C=O) groups excluding carboxylic acids is 2. The fourth-order valence-corrected chi connectivity index (χ4v) is 3.02. The van der Waals surface area contributed by atoms with Gasteiger partial charge < -0.3 is 15.3 Å². The largest absolute Gasteiger partial charge is 0.480 e. The molecule has 1 saturated heterocycles. The molecule has 1 unspecified atom stereocenters. The van der Waals surface area contributed by atoms with Gasteiger partial charge in [0.05, 0.1) is 5.92 Å². The van der Waals surface area contributed by atoms with Crippen LogP contribution in [0.25, 0.3) is 0 Å². The molecule has 6 nitrogen and oxygen atoms in total. The summed E-state index contributed by atoms with van der Waals surface area (Å²) >= 11 is 3.35.